The van der Waals surface area contributed by atoms with Gasteiger partial charge in [0, 0.05) is 25.7 Å². The number of nitrogens with zero attached hydrogens (tertiary/aromatic N) is 1. The summed E-state index contributed by atoms with van der Waals surface area (Å²) in [6, 6.07) is 6.52. The van der Waals surface area contributed by atoms with E-state index < -0.39 is 6.10 Å². The van der Waals surface area contributed by atoms with Crippen molar-refractivity contribution in [3.63, 3.8) is 0 Å². The fourth-order valence-corrected chi connectivity index (χ4v) is 3.23. The first kappa shape index (κ1) is 16.3. The highest BCUT2D eigenvalue weighted by Gasteiger charge is 2.33. The molecule has 0 spiro atoms. The Morgan fingerprint density at radius 1 is 1.33 bits per heavy atom. The molecule has 118 valence electrons. The van der Waals surface area contributed by atoms with Gasteiger partial charge in [-0.15, -0.1) is 0 Å². The third kappa shape index (κ3) is 3.57. The average Bonchev–Trinajstić information content (AvgIpc) is 2.49. The predicted octanol–water partition coefficient (Wildman–Crippen LogP) is 2.40. The van der Waals surface area contributed by atoms with Gasteiger partial charge in [0.05, 0.1) is 19.8 Å². The average molecular weight is 293 g/mol. The van der Waals surface area contributed by atoms with Crippen molar-refractivity contribution in [3.05, 3.63) is 29.3 Å². The summed E-state index contributed by atoms with van der Waals surface area (Å²) < 4.78 is 10.5. The quantitative estimate of drug-likeness (QED) is 0.874. The molecule has 0 aliphatic heterocycles. The zero-order valence-electron chi connectivity index (χ0n) is 13.5. The lowest BCUT2D eigenvalue weighted by Gasteiger charge is -2.41. The van der Waals surface area contributed by atoms with Gasteiger partial charge in [-0.2, -0.15) is 0 Å². The molecule has 0 bridgehead atoms. The monoisotopic (exact) mass is 293 g/mol. The summed E-state index contributed by atoms with van der Waals surface area (Å²) in [4.78, 5) is 2.35. The second kappa shape index (κ2) is 7.25. The molecule has 0 saturated heterocycles. The molecule has 21 heavy (non-hydrogen) atoms. The van der Waals surface area contributed by atoms with E-state index >= 15 is 0 Å². The number of methoxy groups -OCH3 is 2. The Balaban J connectivity index is 2.20. The lowest BCUT2D eigenvalue weighted by Crippen LogP contribution is -2.47. The van der Waals surface area contributed by atoms with Gasteiger partial charge in [0.25, 0.3) is 0 Å². The van der Waals surface area contributed by atoms with Crippen LogP contribution in [-0.2, 0) is 11.2 Å². The number of rotatable bonds is 6. The van der Waals surface area contributed by atoms with Crippen LogP contribution >= 0.6 is 0 Å². The van der Waals surface area contributed by atoms with Crippen LogP contribution in [0.4, 0.5) is 0 Å². The van der Waals surface area contributed by atoms with E-state index in [4.69, 9.17) is 9.47 Å². The van der Waals surface area contributed by atoms with Crippen LogP contribution < -0.4 is 4.74 Å². The molecule has 0 radical (unpaired) electrons. The summed E-state index contributed by atoms with van der Waals surface area (Å²) in [7, 11) is 3.40. The Kier molecular flexibility index (Phi) is 5.62. The number of hydrogen-bond donors (Lipinski definition) is 1. The number of aliphatic hydroxyl groups is 1. The molecular weight excluding hydrogens is 266 g/mol. The molecule has 1 aromatic carbocycles. The Bertz CT molecular complexity index is 461. The normalized spacial score (nSPS) is 21.7. The molecule has 4 heteroatoms. The van der Waals surface area contributed by atoms with Crippen molar-refractivity contribution in [1.29, 1.82) is 0 Å². The predicted molar refractivity (Wildman–Crippen MR) is 83.8 cm³/mol. The van der Waals surface area contributed by atoms with E-state index in [1.807, 2.05) is 18.2 Å². The number of aryl methyl sites for hydroxylation is 1. The maximum atomic E-state index is 10.8. The van der Waals surface area contributed by atoms with E-state index in [-0.39, 0.29) is 6.04 Å². The van der Waals surface area contributed by atoms with Crippen molar-refractivity contribution in [1.82, 2.24) is 4.90 Å². The molecule has 1 aliphatic carbocycles. The van der Waals surface area contributed by atoms with Gasteiger partial charge in [0.15, 0.2) is 0 Å². The highest BCUT2D eigenvalue weighted by molar-refractivity contribution is 5.39. The molecule has 4 nitrogen and oxygen atoms in total. The van der Waals surface area contributed by atoms with Gasteiger partial charge in [0.1, 0.15) is 5.75 Å². The topological polar surface area (TPSA) is 41.9 Å². The minimum absolute atomic E-state index is 0.154. The van der Waals surface area contributed by atoms with Gasteiger partial charge < -0.3 is 14.6 Å². The van der Waals surface area contributed by atoms with Crippen LogP contribution in [0.2, 0.25) is 0 Å². The molecule has 2 rings (SSSR count). The Morgan fingerprint density at radius 3 is 2.71 bits per heavy atom. The standard InChI is InChI=1S/C17H27NO3/c1-12(2)18(9-10-20-3)16-8-5-13-11-14(21-4)6-7-15(13)17(16)19/h6-7,11-12,16-17,19H,5,8-10H2,1-4H3. The van der Waals surface area contributed by atoms with Gasteiger partial charge in [-0.05, 0) is 49.9 Å². The number of benzene rings is 1. The van der Waals surface area contributed by atoms with Crippen LogP contribution in [0.15, 0.2) is 18.2 Å². The maximum absolute atomic E-state index is 10.8. The van der Waals surface area contributed by atoms with Crippen LogP contribution in [-0.4, -0.2) is 49.5 Å². The SMILES string of the molecule is COCCN(C(C)C)C1CCc2cc(OC)ccc2C1O. The first-order valence-electron chi connectivity index (χ1n) is 7.68. The Labute approximate surface area is 127 Å². The third-order valence-electron chi connectivity index (χ3n) is 4.39. The van der Waals surface area contributed by atoms with Crippen LogP contribution in [0.5, 0.6) is 5.75 Å². The van der Waals surface area contributed by atoms with Crippen molar-refractivity contribution in [2.45, 2.75) is 44.9 Å². The smallest absolute Gasteiger partial charge is 0.119 e. The van der Waals surface area contributed by atoms with E-state index in [0.29, 0.717) is 12.6 Å². The van der Waals surface area contributed by atoms with Crippen molar-refractivity contribution in [2.24, 2.45) is 0 Å². The minimum Gasteiger partial charge on any atom is -0.497 e. The molecule has 0 saturated carbocycles. The van der Waals surface area contributed by atoms with Crippen molar-refractivity contribution in [3.8, 4) is 5.75 Å². The zero-order valence-corrected chi connectivity index (χ0v) is 13.5. The summed E-state index contributed by atoms with van der Waals surface area (Å²) in [5.41, 5.74) is 2.24. The summed E-state index contributed by atoms with van der Waals surface area (Å²) in [6.07, 6.45) is 1.49. The van der Waals surface area contributed by atoms with Crippen LogP contribution in [0.25, 0.3) is 0 Å². The second-order valence-electron chi connectivity index (χ2n) is 5.94. The van der Waals surface area contributed by atoms with Gasteiger partial charge in [-0.25, -0.2) is 0 Å². The highest BCUT2D eigenvalue weighted by atomic mass is 16.5. The summed E-state index contributed by atoms with van der Waals surface area (Å²) in [6.45, 7) is 5.89. The molecule has 1 N–H and O–H groups in total. The van der Waals surface area contributed by atoms with Crippen LogP contribution in [0.1, 0.15) is 37.5 Å². The van der Waals surface area contributed by atoms with Crippen LogP contribution in [0, 0.1) is 0 Å². The van der Waals surface area contributed by atoms with Crippen molar-refractivity contribution in [2.75, 3.05) is 27.4 Å². The molecule has 0 heterocycles. The van der Waals surface area contributed by atoms with Gasteiger partial charge in [-0.3, -0.25) is 4.90 Å². The molecule has 0 fully saturated rings. The Morgan fingerprint density at radius 2 is 2.10 bits per heavy atom. The summed E-state index contributed by atoms with van der Waals surface area (Å²) in [5.74, 6) is 0.861. The number of fused-ring (bicyclic) bond motifs is 1. The summed E-state index contributed by atoms with van der Waals surface area (Å²) in [5, 5.41) is 10.8. The minimum atomic E-state index is -0.445. The first-order chi connectivity index (χ1) is 10.1. The van der Waals surface area contributed by atoms with Gasteiger partial charge >= 0.3 is 0 Å². The molecule has 0 amide bonds. The van der Waals surface area contributed by atoms with Crippen molar-refractivity contribution < 1.29 is 14.6 Å². The zero-order chi connectivity index (χ0) is 15.4. The van der Waals surface area contributed by atoms with Crippen LogP contribution in [0.3, 0.4) is 0 Å². The molecular formula is C17H27NO3. The fourth-order valence-electron chi connectivity index (χ4n) is 3.23. The van der Waals surface area contributed by atoms with E-state index in [1.165, 1.54) is 5.56 Å². The molecule has 1 aromatic rings. The fraction of sp³-hybridized carbons (Fsp3) is 0.647. The lowest BCUT2D eigenvalue weighted by atomic mass is 9.84. The molecule has 2 unspecified atom stereocenters. The summed E-state index contributed by atoms with van der Waals surface area (Å²) >= 11 is 0. The number of aliphatic hydroxyl groups excluding tert-OH is 1. The molecule has 1 aliphatic rings. The molecule has 0 aromatic heterocycles. The first-order valence-corrected chi connectivity index (χ1v) is 7.68. The van der Waals surface area contributed by atoms with E-state index in [1.54, 1.807) is 14.2 Å². The largest absolute Gasteiger partial charge is 0.497 e. The maximum Gasteiger partial charge on any atom is 0.119 e. The van der Waals surface area contributed by atoms with Gasteiger partial charge in [0.2, 0.25) is 0 Å². The number of ether oxygens (including phenoxy) is 2. The van der Waals surface area contributed by atoms with E-state index in [9.17, 15) is 5.11 Å². The second-order valence-corrected chi connectivity index (χ2v) is 5.94. The number of hydrogen-bond acceptors (Lipinski definition) is 4. The lowest BCUT2D eigenvalue weighted by molar-refractivity contribution is 0.00621. The Hall–Kier alpha value is -1.10. The highest BCUT2D eigenvalue weighted by Crippen LogP contribution is 2.35. The third-order valence-corrected chi connectivity index (χ3v) is 4.39. The molecule has 2 atom stereocenters. The van der Waals surface area contributed by atoms with Gasteiger partial charge in [-0.1, -0.05) is 6.07 Å². The van der Waals surface area contributed by atoms with Crippen molar-refractivity contribution >= 4 is 0 Å². The van der Waals surface area contributed by atoms with E-state index in [2.05, 4.69) is 18.7 Å². The van der Waals surface area contributed by atoms with E-state index in [0.717, 1.165) is 30.7 Å².